The predicted octanol–water partition coefficient (Wildman–Crippen LogP) is 10.7. The third kappa shape index (κ3) is 6.44. The van der Waals surface area contributed by atoms with Gasteiger partial charge in [-0.3, -0.25) is 4.98 Å². The summed E-state index contributed by atoms with van der Waals surface area (Å²) in [6, 6.07) is 40.5. The van der Waals surface area contributed by atoms with Crippen LogP contribution in [-0.2, 0) is 27.5 Å². The Hall–Kier alpha value is -4.44. The van der Waals surface area contributed by atoms with Gasteiger partial charge in [0.15, 0.2) is 0 Å². The van der Waals surface area contributed by atoms with Gasteiger partial charge in [0.05, 0.1) is 17.3 Å². The van der Waals surface area contributed by atoms with E-state index >= 15 is 0 Å². The summed E-state index contributed by atoms with van der Waals surface area (Å²) >= 11 is 1.52. The maximum atomic E-state index is 14.9. The van der Waals surface area contributed by atoms with Crippen LogP contribution >= 0.6 is 11.3 Å². The number of fused-ring (bicyclic) bond motifs is 1. The van der Waals surface area contributed by atoms with Crippen molar-refractivity contribution in [3.05, 3.63) is 150 Å². The Morgan fingerprint density at radius 2 is 1.54 bits per heavy atom. The van der Waals surface area contributed by atoms with Crippen molar-refractivity contribution >= 4 is 21.6 Å². The van der Waals surface area contributed by atoms with Crippen molar-refractivity contribution in [2.45, 2.75) is 26.2 Å². The molecule has 230 valence electrons. The van der Waals surface area contributed by atoms with E-state index in [2.05, 4.69) is 23.2 Å². The summed E-state index contributed by atoms with van der Waals surface area (Å²) < 4.78 is 24.7. The Kier molecular flexibility index (Phi) is 8.87. The molecular formula is C40H30FN2OPtS-. The van der Waals surface area contributed by atoms with Gasteiger partial charge in [-0.2, -0.15) is 0 Å². The molecule has 0 aliphatic rings. The number of nitrogens with zero attached hydrogens (tertiary/aromatic N) is 2. The SMILES string of the molecule is [2H]C(C)(C)c1cc(-c2cc(-c3ccccc3)c(F)cn2)[c-]c(-c2cccc3sc(-c4ccc(Cc5ccccc5)cc4O)nc23)c1.[Pt]. The Labute approximate surface area is 288 Å². The second-order valence-electron chi connectivity index (χ2n) is 11.3. The molecule has 0 aliphatic carbocycles. The topological polar surface area (TPSA) is 46.0 Å². The zero-order valence-corrected chi connectivity index (χ0v) is 28.3. The van der Waals surface area contributed by atoms with Gasteiger partial charge in [0.2, 0.25) is 0 Å². The molecular weight excluding hydrogens is 771 g/mol. The predicted molar refractivity (Wildman–Crippen MR) is 183 cm³/mol. The van der Waals surface area contributed by atoms with Crippen LogP contribution in [0.15, 0.2) is 121 Å². The third-order valence-electron chi connectivity index (χ3n) is 7.92. The molecule has 2 aromatic heterocycles. The summed E-state index contributed by atoms with van der Waals surface area (Å²) in [6.07, 6.45) is 1.98. The number of para-hydroxylation sites is 1. The first-order valence-electron chi connectivity index (χ1n) is 15.3. The molecule has 0 saturated carbocycles. The first kappa shape index (κ1) is 30.2. The normalized spacial score (nSPS) is 11.7. The molecule has 0 unspecified atom stereocenters. The number of phenolic OH excluding ortho intramolecular Hbond substituents is 1. The van der Waals surface area contributed by atoms with Crippen molar-refractivity contribution in [1.82, 2.24) is 9.97 Å². The summed E-state index contributed by atoms with van der Waals surface area (Å²) in [5, 5.41) is 11.8. The van der Waals surface area contributed by atoms with Gasteiger partial charge in [-0.1, -0.05) is 110 Å². The number of aromatic nitrogens is 2. The van der Waals surface area contributed by atoms with Crippen LogP contribution < -0.4 is 0 Å². The van der Waals surface area contributed by atoms with Crippen molar-refractivity contribution in [3.8, 4) is 49.8 Å². The van der Waals surface area contributed by atoms with Crippen LogP contribution in [0.3, 0.4) is 0 Å². The molecule has 2 heterocycles. The number of hydrogen-bond acceptors (Lipinski definition) is 4. The Bertz CT molecular complexity index is 2200. The molecule has 0 spiro atoms. The number of halogens is 1. The van der Waals surface area contributed by atoms with Gasteiger partial charge < -0.3 is 5.11 Å². The van der Waals surface area contributed by atoms with Crippen LogP contribution in [0.1, 0.15) is 37.8 Å². The third-order valence-corrected chi connectivity index (χ3v) is 8.97. The van der Waals surface area contributed by atoms with Crippen LogP contribution in [0.4, 0.5) is 4.39 Å². The maximum Gasteiger partial charge on any atom is 0.147 e. The van der Waals surface area contributed by atoms with Gasteiger partial charge in [0.1, 0.15) is 16.6 Å². The van der Waals surface area contributed by atoms with Crippen molar-refractivity contribution in [1.29, 1.82) is 0 Å². The first-order chi connectivity index (χ1) is 22.2. The van der Waals surface area contributed by atoms with Crippen molar-refractivity contribution in [3.63, 3.8) is 0 Å². The summed E-state index contributed by atoms with van der Waals surface area (Å²) in [6.45, 7) is 3.68. The van der Waals surface area contributed by atoms with Crippen LogP contribution in [0.25, 0.3) is 54.3 Å². The Morgan fingerprint density at radius 1 is 0.804 bits per heavy atom. The molecule has 0 fully saturated rings. The quantitative estimate of drug-likeness (QED) is 0.163. The molecule has 5 aromatic carbocycles. The number of aromatic hydroxyl groups is 1. The minimum atomic E-state index is -0.907. The fraction of sp³-hybridized carbons (Fsp3) is 0.100. The van der Waals surface area contributed by atoms with E-state index in [9.17, 15) is 9.50 Å². The molecule has 3 nitrogen and oxygen atoms in total. The fourth-order valence-electron chi connectivity index (χ4n) is 5.55. The Morgan fingerprint density at radius 3 is 2.28 bits per heavy atom. The second kappa shape index (κ2) is 13.5. The molecule has 1 N–H and O–H groups in total. The van der Waals surface area contributed by atoms with Gasteiger partial charge in [0.25, 0.3) is 0 Å². The first-order valence-corrected chi connectivity index (χ1v) is 15.6. The fourth-order valence-corrected chi connectivity index (χ4v) is 6.57. The van der Waals surface area contributed by atoms with E-state index in [0.717, 1.165) is 49.5 Å². The summed E-state index contributed by atoms with van der Waals surface area (Å²) in [5.74, 6) is -1.12. The Balaban J connectivity index is 0.00000386. The van der Waals surface area contributed by atoms with Crippen molar-refractivity contribution in [2.24, 2.45) is 0 Å². The number of phenols is 1. The molecule has 46 heavy (non-hydrogen) atoms. The maximum absolute atomic E-state index is 14.9. The van der Waals surface area contributed by atoms with E-state index in [-0.39, 0.29) is 26.8 Å². The average Bonchev–Trinajstić information content (AvgIpc) is 3.50. The van der Waals surface area contributed by atoms with E-state index < -0.39 is 11.7 Å². The van der Waals surface area contributed by atoms with E-state index in [0.29, 0.717) is 22.4 Å². The van der Waals surface area contributed by atoms with Gasteiger partial charge in [-0.25, -0.2) is 9.37 Å². The molecule has 0 aliphatic heterocycles. The van der Waals surface area contributed by atoms with E-state index in [1.807, 2.05) is 111 Å². The van der Waals surface area contributed by atoms with Crippen molar-refractivity contribution < 1.29 is 31.9 Å². The van der Waals surface area contributed by atoms with Gasteiger partial charge >= 0.3 is 0 Å². The van der Waals surface area contributed by atoms with Crippen molar-refractivity contribution in [2.75, 3.05) is 0 Å². The van der Waals surface area contributed by atoms with Crippen LogP contribution in [0.5, 0.6) is 5.75 Å². The minimum absolute atomic E-state index is 0. The van der Waals surface area contributed by atoms with E-state index in [1.165, 1.54) is 23.1 Å². The van der Waals surface area contributed by atoms with E-state index in [4.69, 9.17) is 6.35 Å². The summed E-state index contributed by atoms with van der Waals surface area (Å²) in [7, 11) is 0. The number of thiazole rings is 1. The zero-order valence-electron chi connectivity index (χ0n) is 26.2. The van der Waals surface area contributed by atoms with Crippen LogP contribution in [-0.4, -0.2) is 15.1 Å². The molecule has 0 radical (unpaired) electrons. The number of rotatable bonds is 7. The minimum Gasteiger partial charge on any atom is -0.507 e. The summed E-state index contributed by atoms with van der Waals surface area (Å²) in [4.78, 5) is 9.45. The standard InChI is InChI=1S/C40H30FN2OS.Pt/c1-25(2)29-20-30(22-31(21-29)36-23-34(35(41)24-42-36)28-12-7-4-8-13-28)32-14-9-15-38-39(32)43-40(45-38)33-17-16-27(19-37(33)44)18-26-10-5-3-6-11-26;/h3-17,19-21,23-25,44H,18H2,1-2H3;/q-1;/i25D;. The molecule has 0 atom stereocenters. The van der Waals surface area contributed by atoms with Crippen LogP contribution in [0.2, 0.25) is 0 Å². The molecule has 6 heteroatoms. The largest absolute Gasteiger partial charge is 0.507 e. The molecule has 7 aromatic rings. The summed E-state index contributed by atoms with van der Waals surface area (Å²) in [5.41, 5.74) is 8.53. The molecule has 7 rings (SSSR count). The monoisotopic (exact) mass is 801 g/mol. The number of hydrogen-bond donors (Lipinski definition) is 1. The smallest absolute Gasteiger partial charge is 0.147 e. The van der Waals surface area contributed by atoms with Gasteiger partial charge in [-0.05, 0) is 47.2 Å². The van der Waals surface area contributed by atoms with Crippen LogP contribution in [0, 0.1) is 11.9 Å². The molecule has 0 bridgehead atoms. The van der Waals surface area contributed by atoms with Gasteiger partial charge in [0, 0.05) is 38.4 Å². The average molecular weight is 802 g/mol. The molecule has 0 amide bonds. The zero-order chi connectivity index (χ0) is 31.8. The van der Waals surface area contributed by atoms with Gasteiger partial charge in [-0.15, -0.1) is 40.7 Å². The number of benzene rings is 5. The molecule has 0 saturated heterocycles. The van der Waals surface area contributed by atoms with E-state index in [1.54, 1.807) is 6.07 Å². The second-order valence-corrected chi connectivity index (χ2v) is 12.3. The number of pyridine rings is 1.